The summed E-state index contributed by atoms with van der Waals surface area (Å²) in [5, 5.41) is 2.90. The molecule has 4 nitrogen and oxygen atoms in total. The van der Waals surface area contributed by atoms with Gasteiger partial charge in [-0.3, -0.25) is 4.79 Å². The molecule has 4 heteroatoms. The first-order valence-electron chi connectivity index (χ1n) is 9.28. The predicted octanol–water partition coefficient (Wildman–Crippen LogP) is 5.01. The number of fused-ring (bicyclic) bond motifs is 1. The number of carbonyl (C=O) groups is 2. The van der Waals surface area contributed by atoms with Crippen LogP contribution in [0.25, 0.3) is 0 Å². The summed E-state index contributed by atoms with van der Waals surface area (Å²) in [5.74, 6) is -0.546. The molecule has 0 aromatic heterocycles. The molecule has 4 rings (SSSR count). The summed E-state index contributed by atoms with van der Waals surface area (Å²) < 4.78 is 5.61. The standard InChI is InChI=1S/C24H21NO3/c1-15-3-7-17(8-4-15)22-14-19-13-18(9-12-21(19)24(27)28-22)23(26)25-20-10-5-16(2)6-11-20/h3-13,22H,14H2,1-2H3,(H,25,26). The van der Waals surface area contributed by atoms with Crippen LogP contribution in [0.2, 0.25) is 0 Å². The van der Waals surface area contributed by atoms with Gasteiger partial charge >= 0.3 is 5.97 Å². The fraction of sp³-hybridized carbons (Fsp3) is 0.167. The average molecular weight is 371 g/mol. The van der Waals surface area contributed by atoms with Gasteiger partial charge in [-0.2, -0.15) is 0 Å². The Kier molecular flexibility index (Phi) is 4.70. The van der Waals surface area contributed by atoms with Gasteiger partial charge in [0.1, 0.15) is 6.10 Å². The molecular weight excluding hydrogens is 350 g/mol. The second-order valence-corrected chi connectivity index (χ2v) is 7.20. The summed E-state index contributed by atoms with van der Waals surface area (Å²) in [5.41, 5.74) is 5.86. The summed E-state index contributed by atoms with van der Waals surface area (Å²) in [6, 6.07) is 20.7. The van der Waals surface area contributed by atoms with Crippen molar-refractivity contribution in [2.75, 3.05) is 5.32 Å². The fourth-order valence-corrected chi connectivity index (χ4v) is 3.34. The Morgan fingerprint density at radius 2 is 1.57 bits per heavy atom. The van der Waals surface area contributed by atoms with E-state index in [9.17, 15) is 9.59 Å². The van der Waals surface area contributed by atoms with E-state index in [0.717, 1.165) is 27.9 Å². The summed E-state index contributed by atoms with van der Waals surface area (Å²) in [6.07, 6.45) is 0.214. The third-order valence-corrected chi connectivity index (χ3v) is 5.00. The first-order chi connectivity index (χ1) is 13.5. The van der Waals surface area contributed by atoms with E-state index in [0.29, 0.717) is 17.5 Å². The summed E-state index contributed by atoms with van der Waals surface area (Å²) in [4.78, 5) is 25.0. The van der Waals surface area contributed by atoms with Crippen LogP contribution in [0.15, 0.2) is 66.7 Å². The van der Waals surface area contributed by atoms with Gasteiger partial charge in [-0.1, -0.05) is 47.5 Å². The first-order valence-corrected chi connectivity index (χ1v) is 9.28. The van der Waals surface area contributed by atoms with Gasteiger partial charge in [-0.25, -0.2) is 4.79 Å². The van der Waals surface area contributed by atoms with E-state index in [1.54, 1.807) is 18.2 Å². The molecule has 0 saturated carbocycles. The molecule has 1 unspecified atom stereocenters. The molecule has 1 aliphatic heterocycles. The lowest BCUT2D eigenvalue weighted by molar-refractivity contribution is 0.0252. The number of nitrogens with one attached hydrogen (secondary N) is 1. The van der Waals surface area contributed by atoms with Crippen molar-refractivity contribution < 1.29 is 14.3 Å². The maximum Gasteiger partial charge on any atom is 0.339 e. The zero-order valence-corrected chi connectivity index (χ0v) is 15.9. The normalized spacial score (nSPS) is 15.5. The second kappa shape index (κ2) is 7.31. The van der Waals surface area contributed by atoms with Crippen LogP contribution in [0.4, 0.5) is 5.69 Å². The van der Waals surface area contributed by atoms with Crippen LogP contribution >= 0.6 is 0 Å². The number of amides is 1. The third-order valence-electron chi connectivity index (χ3n) is 5.00. The smallest absolute Gasteiger partial charge is 0.339 e. The van der Waals surface area contributed by atoms with Gasteiger partial charge in [0.2, 0.25) is 0 Å². The minimum absolute atomic E-state index is 0.197. The molecule has 0 aliphatic carbocycles. The number of hydrogen-bond acceptors (Lipinski definition) is 3. The number of carbonyl (C=O) groups excluding carboxylic acids is 2. The van der Waals surface area contributed by atoms with E-state index in [1.807, 2.05) is 62.4 Å². The Bertz CT molecular complexity index is 1040. The van der Waals surface area contributed by atoms with Crippen molar-refractivity contribution in [1.82, 2.24) is 0 Å². The largest absolute Gasteiger partial charge is 0.454 e. The number of esters is 1. The lowest BCUT2D eigenvalue weighted by Gasteiger charge is -2.25. The molecule has 1 N–H and O–H groups in total. The summed E-state index contributed by atoms with van der Waals surface area (Å²) in [6.45, 7) is 4.02. The topological polar surface area (TPSA) is 55.4 Å². The molecule has 0 bridgehead atoms. The molecule has 0 radical (unpaired) electrons. The number of hydrogen-bond donors (Lipinski definition) is 1. The lowest BCUT2D eigenvalue weighted by Crippen LogP contribution is -2.23. The Hall–Kier alpha value is -3.40. The highest BCUT2D eigenvalue weighted by Crippen LogP contribution is 2.31. The van der Waals surface area contributed by atoms with Gasteiger partial charge in [-0.15, -0.1) is 0 Å². The number of aryl methyl sites for hydroxylation is 2. The van der Waals surface area contributed by atoms with Crippen molar-refractivity contribution in [3.63, 3.8) is 0 Å². The van der Waals surface area contributed by atoms with Gasteiger partial charge in [0.05, 0.1) is 5.56 Å². The Balaban J connectivity index is 1.57. The molecule has 1 atom stereocenters. The molecule has 3 aromatic carbocycles. The van der Waals surface area contributed by atoms with Crippen LogP contribution in [0.3, 0.4) is 0 Å². The maximum atomic E-state index is 12.6. The highest BCUT2D eigenvalue weighted by Gasteiger charge is 2.28. The highest BCUT2D eigenvalue weighted by atomic mass is 16.5. The fourth-order valence-electron chi connectivity index (χ4n) is 3.34. The van der Waals surface area contributed by atoms with Crippen molar-refractivity contribution in [2.24, 2.45) is 0 Å². The van der Waals surface area contributed by atoms with Gasteiger partial charge in [0, 0.05) is 17.7 Å². The third kappa shape index (κ3) is 3.67. The van der Waals surface area contributed by atoms with Crippen molar-refractivity contribution in [2.45, 2.75) is 26.4 Å². The summed E-state index contributed by atoms with van der Waals surface area (Å²) >= 11 is 0. The van der Waals surface area contributed by atoms with Gasteiger partial charge in [0.15, 0.2) is 0 Å². The van der Waals surface area contributed by atoms with E-state index in [2.05, 4.69) is 5.32 Å². The molecule has 140 valence electrons. The molecule has 0 saturated heterocycles. The number of rotatable bonds is 3. The zero-order valence-electron chi connectivity index (χ0n) is 15.9. The molecule has 0 spiro atoms. The Morgan fingerprint density at radius 1 is 0.929 bits per heavy atom. The van der Waals surface area contributed by atoms with E-state index in [4.69, 9.17) is 4.74 Å². The van der Waals surface area contributed by atoms with Crippen molar-refractivity contribution in [3.8, 4) is 0 Å². The predicted molar refractivity (Wildman–Crippen MR) is 109 cm³/mol. The first kappa shape index (κ1) is 18.0. The van der Waals surface area contributed by atoms with Crippen LogP contribution in [0.1, 0.15) is 49.1 Å². The lowest BCUT2D eigenvalue weighted by atomic mass is 9.92. The molecular formula is C24H21NO3. The van der Waals surface area contributed by atoms with Crippen LogP contribution in [-0.2, 0) is 11.2 Å². The summed E-state index contributed by atoms with van der Waals surface area (Å²) in [7, 11) is 0. The molecule has 1 heterocycles. The van der Waals surface area contributed by atoms with Gasteiger partial charge < -0.3 is 10.1 Å². The van der Waals surface area contributed by atoms with E-state index in [-0.39, 0.29) is 18.0 Å². The van der Waals surface area contributed by atoms with Crippen molar-refractivity contribution >= 4 is 17.6 Å². The monoisotopic (exact) mass is 371 g/mol. The molecule has 0 fully saturated rings. The van der Waals surface area contributed by atoms with E-state index in [1.165, 1.54) is 0 Å². The molecule has 3 aromatic rings. The molecule has 1 aliphatic rings. The minimum atomic E-state index is -0.350. The highest BCUT2D eigenvalue weighted by molar-refractivity contribution is 6.05. The van der Waals surface area contributed by atoms with Gasteiger partial charge in [0.25, 0.3) is 5.91 Å². The average Bonchev–Trinajstić information content (AvgIpc) is 2.69. The van der Waals surface area contributed by atoms with E-state index < -0.39 is 0 Å². The quantitative estimate of drug-likeness (QED) is 0.659. The number of ether oxygens (including phenoxy) is 1. The SMILES string of the molecule is Cc1ccc(NC(=O)c2ccc3c(c2)CC(c2ccc(C)cc2)OC3=O)cc1. The maximum absolute atomic E-state index is 12.6. The molecule has 1 amide bonds. The Labute approximate surface area is 164 Å². The number of benzene rings is 3. The second-order valence-electron chi connectivity index (χ2n) is 7.20. The van der Waals surface area contributed by atoms with Gasteiger partial charge in [-0.05, 0) is 55.3 Å². The van der Waals surface area contributed by atoms with Crippen LogP contribution in [0, 0.1) is 13.8 Å². The number of anilines is 1. The Morgan fingerprint density at radius 3 is 2.25 bits per heavy atom. The van der Waals surface area contributed by atoms with Crippen LogP contribution in [-0.4, -0.2) is 11.9 Å². The van der Waals surface area contributed by atoms with Crippen LogP contribution < -0.4 is 5.32 Å². The van der Waals surface area contributed by atoms with Crippen molar-refractivity contribution in [3.05, 3.63) is 100 Å². The van der Waals surface area contributed by atoms with Crippen molar-refractivity contribution in [1.29, 1.82) is 0 Å². The zero-order chi connectivity index (χ0) is 19.7. The van der Waals surface area contributed by atoms with Crippen LogP contribution in [0.5, 0.6) is 0 Å². The van der Waals surface area contributed by atoms with E-state index >= 15 is 0 Å². The molecule has 28 heavy (non-hydrogen) atoms. The minimum Gasteiger partial charge on any atom is -0.454 e. The number of cyclic esters (lactones) is 1.